The molecule has 0 aliphatic carbocycles. The monoisotopic (exact) mass is 220 g/mol. The van der Waals surface area contributed by atoms with E-state index in [1.54, 1.807) is 12.1 Å². The van der Waals surface area contributed by atoms with Gasteiger partial charge in [0.25, 0.3) is 0 Å². The van der Waals surface area contributed by atoms with Crippen molar-refractivity contribution in [3.05, 3.63) is 24.0 Å². The average molecular weight is 220 g/mol. The number of rotatable bonds is 0. The molecule has 0 spiro atoms. The second-order valence-electron chi connectivity index (χ2n) is 4.74. The standard InChI is InChI=1S/C13H17FN2/c14-10-5-6-13-12(8-10)15-9-11-4-2-1-3-7-16(11)13/h5-6,8,11,15H,1-4,7,9H2. The van der Waals surface area contributed by atoms with Crippen LogP contribution in [0.5, 0.6) is 0 Å². The Morgan fingerprint density at radius 1 is 1.25 bits per heavy atom. The van der Waals surface area contributed by atoms with Gasteiger partial charge < -0.3 is 10.2 Å². The summed E-state index contributed by atoms with van der Waals surface area (Å²) in [4.78, 5) is 2.46. The fourth-order valence-corrected chi connectivity index (χ4v) is 2.83. The van der Waals surface area contributed by atoms with Crippen molar-refractivity contribution in [2.75, 3.05) is 23.3 Å². The lowest BCUT2D eigenvalue weighted by Crippen LogP contribution is -2.43. The molecule has 86 valence electrons. The molecule has 0 saturated carbocycles. The summed E-state index contributed by atoms with van der Waals surface area (Å²) in [5.41, 5.74) is 2.14. The maximum Gasteiger partial charge on any atom is 0.125 e. The van der Waals surface area contributed by atoms with Crippen LogP contribution in [0.2, 0.25) is 0 Å². The highest BCUT2D eigenvalue weighted by Crippen LogP contribution is 2.34. The molecule has 2 heterocycles. The highest BCUT2D eigenvalue weighted by Gasteiger charge is 2.27. The van der Waals surface area contributed by atoms with Gasteiger partial charge in [0.15, 0.2) is 0 Å². The van der Waals surface area contributed by atoms with Gasteiger partial charge in [0, 0.05) is 19.1 Å². The van der Waals surface area contributed by atoms with Gasteiger partial charge in [-0.2, -0.15) is 0 Å². The molecule has 0 bridgehead atoms. The predicted molar refractivity (Wildman–Crippen MR) is 64.5 cm³/mol. The Balaban J connectivity index is 1.97. The van der Waals surface area contributed by atoms with Gasteiger partial charge >= 0.3 is 0 Å². The summed E-state index contributed by atoms with van der Waals surface area (Å²) < 4.78 is 13.1. The van der Waals surface area contributed by atoms with Gasteiger partial charge in [-0.1, -0.05) is 12.8 Å². The van der Waals surface area contributed by atoms with Crippen molar-refractivity contribution in [2.45, 2.75) is 31.7 Å². The summed E-state index contributed by atoms with van der Waals surface area (Å²) in [6.45, 7) is 2.07. The first-order chi connectivity index (χ1) is 7.84. The molecule has 0 aromatic heterocycles. The normalized spacial score (nSPS) is 24.1. The zero-order chi connectivity index (χ0) is 11.0. The van der Waals surface area contributed by atoms with E-state index < -0.39 is 0 Å². The van der Waals surface area contributed by atoms with Crippen molar-refractivity contribution in [1.29, 1.82) is 0 Å². The lowest BCUT2D eigenvalue weighted by Gasteiger charge is -2.38. The van der Waals surface area contributed by atoms with Crippen LogP contribution in [0.3, 0.4) is 0 Å². The first-order valence-electron chi connectivity index (χ1n) is 6.15. The summed E-state index contributed by atoms with van der Waals surface area (Å²) in [6.07, 6.45) is 5.15. The number of hydrogen-bond donors (Lipinski definition) is 1. The Hall–Kier alpha value is -1.25. The number of halogens is 1. The van der Waals surface area contributed by atoms with Crippen molar-refractivity contribution in [3.63, 3.8) is 0 Å². The Kier molecular flexibility index (Phi) is 2.46. The molecular weight excluding hydrogens is 203 g/mol. The van der Waals surface area contributed by atoms with Crippen LogP contribution in [-0.2, 0) is 0 Å². The van der Waals surface area contributed by atoms with E-state index in [-0.39, 0.29) is 5.82 Å². The van der Waals surface area contributed by atoms with Crippen LogP contribution in [0.1, 0.15) is 25.7 Å². The molecule has 1 aromatic carbocycles. The summed E-state index contributed by atoms with van der Waals surface area (Å²) in [6, 6.07) is 5.68. The Bertz CT molecular complexity index is 392. The smallest absolute Gasteiger partial charge is 0.125 e. The quantitative estimate of drug-likeness (QED) is 0.723. The van der Waals surface area contributed by atoms with Gasteiger partial charge in [-0.25, -0.2) is 4.39 Å². The highest BCUT2D eigenvalue weighted by molar-refractivity contribution is 5.72. The van der Waals surface area contributed by atoms with Crippen LogP contribution < -0.4 is 10.2 Å². The number of fused-ring (bicyclic) bond motifs is 3. The number of nitrogens with zero attached hydrogens (tertiary/aromatic N) is 1. The van der Waals surface area contributed by atoms with Crippen molar-refractivity contribution >= 4 is 11.4 Å². The Labute approximate surface area is 95.4 Å². The van der Waals surface area contributed by atoms with Gasteiger partial charge in [-0.05, 0) is 31.0 Å². The predicted octanol–water partition coefficient (Wildman–Crippen LogP) is 3.00. The average Bonchev–Trinajstić information content (AvgIpc) is 2.53. The first kappa shape index (κ1) is 9.94. The molecule has 2 aliphatic heterocycles. The molecule has 2 aliphatic rings. The fraction of sp³-hybridized carbons (Fsp3) is 0.538. The van der Waals surface area contributed by atoms with Crippen molar-refractivity contribution in [3.8, 4) is 0 Å². The second-order valence-corrected chi connectivity index (χ2v) is 4.74. The fourth-order valence-electron chi connectivity index (χ4n) is 2.83. The summed E-state index contributed by atoms with van der Waals surface area (Å²) in [5.74, 6) is -0.153. The molecule has 1 unspecified atom stereocenters. The zero-order valence-electron chi connectivity index (χ0n) is 9.38. The van der Waals surface area contributed by atoms with Crippen LogP contribution in [-0.4, -0.2) is 19.1 Å². The molecular formula is C13H17FN2. The number of hydrogen-bond acceptors (Lipinski definition) is 2. The largest absolute Gasteiger partial charge is 0.381 e. The third-order valence-electron chi connectivity index (χ3n) is 3.67. The molecule has 1 N–H and O–H groups in total. The summed E-state index contributed by atoms with van der Waals surface area (Å²) in [5, 5.41) is 3.35. The van der Waals surface area contributed by atoms with E-state index in [4.69, 9.17) is 0 Å². The third kappa shape index (κ3) is 1.64. The molecule has 1 saturated heterocycles. The van der Waals surface area contributed by atoms with E-state index in [9.17, 15) is 4.39 Å². The maximum atomic E-state index is 13.1. The topological polar surface area (TPSA) is 15.3 Å². The maximum absolute atomic E-state index is 13.1. The van der Waals surface area contributed by atoms with E-state index in [1.165, 1.54) is 31.4 Å². The summed E-state index contributed by atoms with van der Waals surface area (Å²) >= 11 is 0. The SMILES string of the molecule is Fc1ccc2c(c1)NCC1CCCCCN21. The minimum Gasteiger partial charge on any atom is -0.381 e. The van der Waals surface area contributed by atoms with E-state index in [2.05, 4.69) is 10.2 Å². The van der Waals surface area contributed by atoms with Crippen LogP contribution in [0.4, 0.5) is 15.8 Å². The van der Waals surface area contributed by atoms with E-state index in [0.717, 1.165) is 18.8 Å². The number of benzene rings is 1. The minimum atomic E-state index is -0.153. The van der Waals surface area contributed by atoms with Crippen molar-refractivity contribution < 1.29 is 4.39 Å². The van der Waals surface area contributed by atoms with E-state index in [1.807, 2.05) is 6.07 Å². The van der Waals surface area contributed by atoms with Crippen LogP contribution in [0, 0.1) is 5.82 Å². The molecule has 0 amide bonds. The number of nitrogens with one attached hydrogen (secondary N) is 1. The molecule has 2 nitrogen and oxygen atoms in total. The van der Waals surface area contributed by atoms with Crippen LogP contribution in [0.25, 0.3) is 0 Å². The molecule has 1 aromatic rings. The first-order valence-corrected chi connectivity index (χ1v) is 6.15. The zero-order valence-corrected chi connectivity index (χ0v) is 9.38. The molecule has 1 atom stereocenters. The van der Waals surface area contributed by atoms with Crippen LogP contribution >= 0.6 is 0 Å². The lowest BCUT2D eigenvalue weighted by molar-refractivity contribution is 0.579. The summed E-state index contributed by atoms with van der Waals surface area (Å²) in [7, 11) is 0. The van der Waals surface area contributed by atoms with Gasteiger partial charge in [-0.3, -0.25) is 0 Å². The Morgan fingerprint density at radius 3 is 3.12 bits per heavy atom. The van der Waals surface area contributed by atoms with Crippen molar-refractivity contribution in [2.24, 2.45) is 0 Å². The number of anilines is 2. The second kappa shape index (κ2) is 3.96. The third-order valence-corrected chi connectivity index (χ3v) is 3.67. The Morgan fingerprint density at radius 2 is 2.19 bits per heavy atom. The van der Waals surface area contributed by atoms with Gasteiger partial charge in [0.2, 0.25) is 0 Å². The molecule has 3 rings (SSSR count). The molecule has 0 radical (unpaired) electrons. The molecule has 3 heteroatoms. The van der Waals surface area contributed by atoms with Gasteiger partial charge in [0.05, 0.1) is 11.4 Å². The lowest BCUT2D eigenvalue weighted by atomic mass is 10.1. The molecule has 1 fully saturated rings. The van der Waals surface area contributed by atoms with Gasteiger partial charge in [0.1, 0.15) is 5.82 Å². The molecule has 16 heavy (non-hydrogen) atoms. The van der Waals surface area contributed by atoms with Gasteiger partial charge in [-0.15, -0.1) is 0 Å². The van der Waals surface area contributed by atoms with E-state index >= 15 is 0 Å². The van der Waals surface area contributed by atoms with Crippen LogP contribution in [0.15, 0.2) is 18.2 Å². The minimum absolute atomic E-state index is 0.153. The van der Waals surface area contributed by atoms with E-state index in [0.29, 0.717) is 6.04 Å². The highest BCUT2D eigenvalue weighted by atomic mass is 19.1. The van der Waals surface area contributed by atoms with Crippen molar-refractivity contribution in [1.82, 2.24) is 0 Å².